The quantitative estimate of drug-likeness (QED) is 0.163. The fourth-order valence-corrected chi connectivity index (χ4v) is 7.55. The maximum Gasteiger partial charge on any atom is 0.0978 e. The highest BCUT2D eigenvalue weighted by Gasteiger charge is 2.16. The van der Waals surface area contributed by atoms with Crippen molar-refractivity contribution in [3.05, 3.63) is 195 Å². The van der Waals surface area contributed by atoms with Crippen LogP contribution < -0.4 is 0 Å². The van der Waals surface area contributed by atoms with Crippen LogP contribution in [-0.2, 0) is 0 Å². The van der Waals surface area contributed by atoms with Crippen LogP contribution in [-0.4, -0.2) is 19.9 Å². The molecule has 0 N–H and O–H groups in total. The van der Waals surface area contributed by atoms with Crippen molar-refractivity contribution >= 4 is 32.6 Å². The first-order chi connectivity index (χ1) is 26.7. The van der Waals surface area contributed by atoms with Crippen molar-refractivity contribution < 1.29 is 0 Å². The van der Waals surface area contributed by atoms with Crippen molar-refractivity contribution in [2.75, 3.05) is 0 Å². The zero-order valence-electron chi connectivity index (χ0n) is 29.3. The predicted molar refractivity (Wildman–Crippen MR) is 223 cm³/mol. The van der Waals surface area contributed by atoms with Crippen LogP contribution in [0.15, 0.2) is 195 Å². The van der Waals surface area contributed by atoms with Gasteiger partial charge in [-0.3, -0.25) is 15.0 Å². The Hall–Kier alpha value is -7.30. The lowest BCUT2D eigenvalue weighted by atomic mass is 9.92. The predicted octanol–water partition coefficient (Wildman–Crippen LogP) is 12.7. The standard InChI is InChI=1S/C50H32N4/c1-3-9-33(10-4-1)44-21-24-53-49-45(44)19-20-46-47(34-11-5-2-6-12-34)30-48(54-50(46)49)38-18-17-35-25-37(16-15-36(35)26-38)41-27-42(39-13-7-22-51-31-39)29-43(28-41)40-14-8-23-52-32-40/h1-32H. The van der Waals surface area contributed by atoms with E-state index in [-0.39, 0.29) is 0 Å². The minimum atomic E-state index is 0.898. The molecule has 0 saturated heterocycles. The lowest BCUT2D eigenvalue weighted by Gasteiger charge is -2.14. The third-order valence-corrected chi connectivity index (χ3v) is 10.3. The molecule has 0 radical (unpaired) electrons. The molecule has 6 aromatic carbocycles. The van der Waals surface area contributed by atoms with Crippen LogP contribution in [0, 0.1) is 0 Å². The van der Waals surface area contributed by atoms with Gasteiger partial charge in [-0.25, -0.2) is 4.98 Å². The number of fused-ring (bicyclic) bond motifs is 4. The molecule has 4 heterocycles. The van der Waals surface area contributed by atoms with E-state index < -0.39 is 0 Å². The molecule has 0 spiro atoms. The van der Waals surface area contributed by atoms with Crippen molar-refractivity contribution in [2.45, 2.75) is 0 Å². The summed E-state index contributed by atoms with van der Waals surface area (Å²) in [6, 6.07) is 58.0. The van der Waals surface area contributed by atoms with Crippen molar-refractivity contribution in [3.63, 3.8) is 0 Å². The number of benzene rings is 6. The van der Waals surface area contributed by atoms with E-state index >= 15 is 0 Å². The van der Waals surface area contributed by atoms with Gasteiger partial charge in [0.1, 0.15) is 0 Å². The van der Waals surface area contributed by atoms with Gasteiger partial charge in [-0.2, -0.15) is 0 Å². The molecule has 0 bridgehead atoms. The van der Waals surface area contributed by atoms with E-state index in [4.69, 9.17) is 9.97 Å². The third-order valence-electron chi connectivity index (χ3n) is 10.3. The van der Waals surface area contributed by atoms with Crippen LogP contribution in [0.2, 0.25) is 0 Å². The molecule has 0 aliphatic heterocycles. The van der Waals surface area contributed by atoms with Crippen LogP contribution in [0.3, 0.4) is 0 Å². The van der Waals surface area contributed by atoms with Gasteiger partial charge < -0.3 is 0 Å². The minimum absolute atomic E-state index is 0.898. The van der Waals surface area contributed by atoms with Crippen LogP contribution in [0.25, 0.3) is 99.5 Å². The molecule has 0 amide bonds. The van der Waals surface area contributed by atoms with E-state index in [1.165, 1.54) is 0 Å². The van der Waals surface area contributed by atoms with Gasteiger partial charge in [0.2, 0.25) is 0 Å². The summed E-state index contributed by atoms with van der Waals surface area (Å²) in [7, 11) is 0. The fourth-order valence-electron chi connectivity index (χ4n) is 7.55. The second-order valence-corrected chi connectivity index (χ2v) is 13.6. The Morgan fingerprint density at radius 1 is 0.315 bits per heavy atom. The second-order valence-electron chi connectivity index (χ2n) is 13.6. The Balaban J connectivity index is 1.11. The van der Waals surface area contributed by atoms with Crippen LogP contribution >= 0.6 is 0 Å². The minimum Gasteiger partial charge on any atom is -0.264 e. The summed E-state index contributed by atoms with van der Waals surface area (Å²) >= 11 is 0. The maximum absolute atomic E-state index is 5.37. The van der Waals surface area contributed by atoms with Gasteiger partial charge in [0.25, 0.3) is 0 Å². The summed E-state index contributed by atoms with van der Waals surface area (Å²) in [4.78, 5) is 19.1. The van der Waals surface area contributed by atoms with E-state index in [0.717, 1.165) is 99.5 Å². The summed E-state index contributed by atoms with van der Waals surface area (Å²) in [5.41, 5.74) is 15.0. The summed E-state index contributed by atoms with van der Waals surface area (Å²) < 4.78 is 0. The number of pyridine rings is 4. The van der Waals surface area contributed by atoms with Crippen LogP contribution in [0.1, 0.15) is 0 Å². The van der Waals surface area contributed by atoms with E-state index in [1.54, 1.807) is 0 Å². The molecule has 252 valence electrons. The van der Waals surface area contributed by atoms with Crippen LogP contribution in [0.5, 0.6) is 0 Å². The average Bonchev–Trinajstić information content (AvgIpc) is 3.26. The molecule has 0 fully saturated rings. The second kappa shape index (κ2) is 13.4. The van der Waals surface area contributed by atoms with Crippen molar-refractivity contribution in [1.82, 2.24) is 19.9 Å². The Morgan fingerprint density at radius 3 is 1.46 bits per heavy atom. The van der Waals surface area contributed by atoms with E-state index in [1.807, 2.05) is 49.2 Å². The van der Waals surface area contributed by atoms with E-state index in [0.29, 0.717) is 0 Å². The zero-order valence-corrected chi connectivity index (χ0v) is 29.3. The average molecular weight is 689 g/mol. The normalized spacial score (nSPS) is 11.3. The van der Waals surface area contributed by atoms with Gasteiger partial charge in [0.05, 0.1) is 16.7 Å². The SMILES string of the molecule is c1ccc(-c2ccnc3c2ccc2c(-c4ccccc4)cc(-c4ccc5cc(-c6cc(-c7cccnc7)cc(-c7cccnc7)c6)ccc5c4)nc23)cc1. The van der Waals surface area contributed by atoms with Gasteiger partial charge in [0.15, 0.2) is 0 Å². The largest absolute Gasteiger partial charge is 0.264 e. The molecular weight excluding hydrogens is 657 g/mol. The molecule has 4 aromatic heterocycles. The molecule has 10 rings (SSSR count). The summed E-state index contributed by atoms with van der Waals surface area (Å²) in [5, 5.41) is 4.48. The molecule has 4 heteroatoms. The Morgan fingerprint density at radius 2 is 0.852 bits per heavy atom. The summed E-state index contributed by atoms with van der Waals surface area (Å²) in [6.07, 6.45) is 9.35. The number of hydrogen-bond acceptors (Lipinski definition) is 4. The Kier molecular flexibility index (Phi) is 7.77. The molecule has 0 aliphatic carbocycles. The number of rotatable bonds is 6. The highest BCUT2D eigenvalue weighted by atomic mass is 14.8. The highest BCUT2D eigenvalue weighted by Crippen LogP contribution is 2.39. The lowest BCUT2D eigenvalue weighted by Crippen LogP contribution is -1.94. The molecule has 54 heavy (non-hydrogen) atoms. The molecule has 0 unspecified atom stereocenters. The summed E-state index contributed by atoms with van der Waals surface area (Å²) in [6.45, 7) is 0. The number of hydrogen-bond donors (Lipinski definition) is 0. The number of aromatic nitrogens is 4. The first kappa shape index (κ1) is 31.4. The van der Waals surface area contributed by atoms with Gasteiger partial charge in [-0.15, -0.1) is 0 Å². The third kappa shape index (κ3) is 5.76. The van der Waals surface area contributed by atoms with Gasteiger partial charge >= 0.3 is 0 Å². The lowest BCUT2D eigenvalue weighted by molar-refractivity contribution is 1.32. The van der Waals surface area contributed by atoms with Gasteiger partial charge in [-0.05, 0) is 110 Å². The molecular formula is C50H32N4. The first-order valence-electron chi connectivity index (χ1n) is 18.1. The molecule has 10 aromatic rings. The molecule has 0 atom stereocenters. The Bertz CT molecular complexity index is 2910. The highest BCUT2D eigenvalue weighted by molar-refractivity contribution is 6.12. The molecule has 0 saturated carbocycles. The maximum atomic E-state index is 5.37. The van der Waals surface area contributed by atoms with Gasteiger partial charge in [-0.1, -0.05) is 109 Å². The van der Waals surface area contributed by atoms with Crippen molar-refractivity contribution in [3.8, 4) is 66.9 Å². The van der Waals surface area contributed by atoms with Crippen molar-refractivity contribution in [1.29, 1.82) is 0 Å². The first-order valence-corrected chi connectivity index (χ1v) is 18.1. The fraction of sp³-hybridized carbons (Fsp3) is 0. The van der Waals surface area contributed by atoms with E-state index in [2.05, 4.69) is 156 Å². The number of nitrogens with zero attached hydrogens (tertiary/aromatic N) is 4. The smallest absolute Gasteiger partial charge is 0.0978 e. The van der Waals surface area contributed by atoms with Crippen LogP contribution in [0.4, 0.5) is 0 Å². The topological polar surface area (TPSA) is 51.6 Å². The Labute approximate surface area is 313 Å². The zero-order chi connectivity index (χ0) is 35.8. The van der Waals surface area contributed by atoms with Gasteiger partial charge in [0, 0.05) is 58.4 Å². The van der Waals surface area contributed by atoms with Crippen molar-refractivity contribution in [2.24, 2.45) is 0 Å². The van der Waals surface area contributed by atoms with E-state index in [9.17, 15) is 0 Å². The summed E-state index contributed by atoms with van der Waals surface area (Å²) in [5.74, 6) is 0. The molecule has 4 nitrogen and oxygen atoms in total. The monoisotopic (exact) mass is 688 g/mol. The molecule has 0 aliphatic rings.